The first kappa shape index (κ1) is 14.5. The molecule has 2 rings (SSSR count). The number of rotatable bonds is 3. The van der Waals surface area contributed by atoms with Gasteiger partial charge in [-0.05, 0) is 45.7 Å². The maximum Gasteiger partial charge on any atom is 0.274 e. The quantitative estimate of drug-likeness (QED) is 0.656. The van der Waals surface area contributed by atoms with Crippen molar-refractivity contribution in [1.82, 2.24) is 5.32 Å². The molecule has 0 spiro atoms. The van der Waals surface area contributed by atoms with E-state index in [0.717, 1.165) is 25.8 Å². The fourth-order valence-corrected chi connectivity index (χ4v) is 2.40. The molecule has 1 aliphatic heterocycles. The zero-order valence-corrected chi connectivity index (χ0v) is 11.7. The highest BCUT2D eigenvalue weighted by Gasteiger charge is 2.34. The van der Waals surface area contributed by atoms with Gasteiger partial charge >= 0.3 is 0 Å². The summed E-state index contributed by atoms with van der Waals surface area (Å²) >= 11 is 0. The minimum absolute atomic E-state index is 0.0181. The predicted octanol–water partition coefficient (Wildman–Crippen LogP) is 2.37. The van der Waals surface area contributed by atoms with Crippen molar-refractivity contribution in [2.24, 2.45) is 0 Å². The van der Waals surface area contributed by atoms with E-state index < -0.39 is 10.5 Å². The SMILES string of the molecule is Cc1ccc(NC(=O)C2(C)CCCCN2)cc1[N+](=O)[O-]. The van der Waals surface area contributed by atoms with Gasteiger partial charge in [0.25, 0.3) is 5.69 Å². The highest BCUT2D eigenvalue weighted by molar-refractivity contribution is 5.98. The number of anilines is 1. The molecule has 1 fully saturated rings. The van der Waals surface area contributed by atoms with Gasteiger partial charge in [0.2, 0.25) is 5.91 Å². The van der Waals surface area contributed by atoms with Crippen molar-refractivity contribution in [2.75, 3.05) is 11.9 Å². The van der Waals surface area contributed by atoms with Crippen LogP contribution in [0.1, 0.15) is 31.7 Å². The molecule has 20 heavy (non-hydrogen) atoms. The number of amides is 1. The molecule has 1 amide bonds. The van der Waals surface area contributed by atoms with Crippen LogP contribution in [-0.4, -0.2) is 22.9 Å². The summed E-state index contributed by atoms with van der Waals surface area (Å²) < 4.78 is 0. The number of hydrogen-bond acceptors (Lipinski definition) is 4. The second kappa shape index (κ2) is 5.58. The van der Waals surface area contributed by atoms with Crippen LogP contribution in [0.15, 0.2) is 18.2 Å². The first-order valence-corrected chi connectivity index (χ1v) is 6.74. The molecule has 6 heteroatoms. The van der Waals surface area contributed by atoms with Crippen LogP contribution in [0.4, 0.5) is 11.4 Å². The number of carbonyl (C=O) groups is 1. The Kier molecular flexibility index (Phi) is 4.04. The normalized spacial score (nSPS) is 22.3. The second-order valence-corrected chi connectivity index (χ2v) is 5.43. The minimum atomic E-state index is -0.599. The van der Waals surface area contributed by atoms with Gasteiger partial charge in [-0.2, -0.15) is 0 Å². The average Bonchev–Trinajstić information content (AvgIpc) is 2.41. The smallest absolute Gasteiger partial charge is 0.274 e. The van der Waals surface area contributed by atoms with Crippen molar-refractivity contribution in [3.63, 3.8) is 0 Å². The van der Waals surface area contributed by atoms with Gasteiger partial charge in [0.05, 0.1) is 10.5 Å². The van der Waals surface area contributed by atoms with E-state index in [4.69, 9.17) is 0 Å². The summed E-state index contributed by atoms with van der Waals surface area (Å²) in [5.41, 5.74) is 0.457. The van der Waals surface area contributed by atoms with E-state index in [1.54, 1.807) is 19.1 Å². The molecule has 1 saturated heterocycles. The summed E-state index contributed by atoms with van der Waals surface area (Å²) in [5, 5.41) is 16.9. The molecule has 0 saturated carbocycles. The summed E-state index contributed by atoms with van der Waals surface area (Å²) in [5.74, 6) is -0.143. The summed E-state index contributed by atoms with van der Waals surface area (Å²) in [6, 6.07) is 4.73. The maximum absolute atomic E-state index is 12.3. The zero-order valence-electron chi connectivity index (χ0n) is 11.7. The van der Waals surface area contributed by atoms with E-state index >= 15 is 0 Å². The molecule has 0 aromatic heterocycles. The Hall–Kier alpha value is -1.95. The van der Waals surface area contributed by atoms with Crippen LogP contribution < -0.4 is 10.6 Å². The molecule has 2 N–H and O–H groups in total. The highest BCUT2D eigenvalue weighted by Crippen LogP contribution is 2.25. The van der Waals surface area contributed by atoms with Crippen LogP contribution in [0, 0.1) is 17.0 Å². The molecule has 6 nitrogen and oxygen atoms in total. The number of nitro groups is 1. The van der Waals surface area contributed by atoms with Crippen LogP contribution in [0.2, 0.25) is 0 Å². The van der Waals surface area contributed by atoms with Crippen LogP contribution in [-0.2, 0) is 4.79 Å². The van der Waals surface area contributed by atoms with Crippen molar-refractivity contribution in [1.29, 1.82) is 0 Å². The molecule has 1 unspecified atom stereocenters. The van der Waals surface area contributed by atoms with E-state index in [-0.39, 0.29) is 11.6 Å². The molecule has 1 aromatic rings. The van der Waals surface area contributed by atoms with Crippen molar-refractivity contribution in [3.05, 3.63) is 33.9 Å². The summed E-state index contributed by atoms with van der Waals surface area (Å²) in [4.78, 5) is 22.8. The van der Waals surface area contributed by atoms with Gasteiger partial charge in [-0.3, -0.25) is 14.9 Å². The van der Waals surface area contributed by atoms with Crippen molar-refractivity contribution in [3.8, 4) is 0 Å². The highest BCUT2D eigenvalue weighted by atomic mass is 16.6. The van der Waals surface area contributed by atoms with Crippen LogP contribution in [0.3, 0.4) is 0 Å². The lowest BCUT2D eigenvalue weighted by Gasteiger charge is -2.33. The van der Waals surface area contributed by atoms with Crippen molar-refractivity contribution >= 4 is 17.3 Å². The van der Waals surface area contributed by atoms with Gasteiger partial charge in [0, 0.05) is 17.3 Å². The number of carbonyl (C=O) groups excluding carboxylic acids is 1. The average molecular weight is 277 g/mol. The van der Waals surface area contributed by atoms with Crippen LogP contribution in [0.5, 0.6) is 0 Å². The molecule has 0 bridgehead atoms. The molecule has 1 aromatic carbocycles. The summed E-state index contributed by atoms with van der Waals surface area (Å²) in [6.07, 6.45) is 2.84. The molecule has 1 atom stereocenters. The van der Waals surface area contributed by atoms with E-state index in [9.17, 15) is 14.9 Å². The van der Waals surface area contributed by atoms with E-state index in [1.807, 2.05) is 6.92 Å². The van der Waals surface area contributed by atoms with Gasteiger partial charge in [0.1, 0.15) is 0 Å². The van der Waals surface area contributed by atoms with Gasteiger partial charge in [-0.25, -0.2) is 0 Å². The minimum Gasteiger partial charge on any atom is -0.324 e. The lowest BCUT2D eigenvalue weighted by molar-refractivity contribution is -0.385. The zero-order chi connectivity index (χ0) is 14.8. The summed E-state index contributed by atoms with van der Waals surface area (Å²) in [7, 11) is 0. The Morgan fingerprint density at radius 3 is 2.80 bits per heavy atom. The van der Waals surface area contributed by atoms with Crippen LogP contribution in [0.25, 0.3) is 0 Å². The molecule has 0 radical (unpaired) electrons. The Morgan fingerprint density at radius 1 is 1.45 bits per heavy atom. The molecular formula is C14H19N3O3. The number of aryl methyl sites for hydroxylation is 1. The topological polar surface area (TPSA) is 84.3 Å². The molecule has 0 aliphatic carbocycles. The Labute approximate surface area is 117 Å². The monoisotopic (exact) mass is 277 g/mol. The third kappa shape index (κ3) is 2.96. The Bertz CT molecular complexity index is 536. The number of nitro benzene ring substituents is 1. The predicted molar refractivity (Wildman–Crippen MR) is 76.7 cm³/mol. The van der Waals surface area contributed by atoms with Gasteiger partial charge in [-0.15, -0.1) is 0 Å². The van der Waals surface area contributed by atoms with Gasteiger partial charge in [-0.1, -0.05) is 6.07 Å². The standard InChI is InChI=1S/C14H19N3O3/c1-10-5-6-11(9-12(10)17(19)20)16-13(18)14(2)7-3-4-8-15-14/h5-6,9,15H,3-4,7-8H2,1-2H3,(H,16,18). The van der Waals surface area contributed by atoms with Crippen molar-refractivity contribution in [2.45, 2.75) is 38.6 Å². The fraction of sp³-hybridized carbons (Fsp3) is 0.500. The number of benzene rings is 1. The van der Waals surface area contributed by atoms with Crippen LogP contribution >= 0.6 is 0 Å². The van der Waals surface area contributed by atoms with E-state index in [2.05, 4.69) is 10.6 Å². The summed E-state index contributed by atoms with van der Waals surface area (Å²) in [6.45, 7) is 4.36. The number of hydrogen-bond donors (Lipinski definition) is 2. The lowest BCUT2D eigenvalue weighted by atomic mass is 9.90. The first-order valence-electron chi connectivity index (χ1n) is 6.74. The number of nitrogens with one attached hydrogen (secondary N) is 2. The van der Waals surface area contributed by atoms with Gasteiger partial charge < -0.3 is 10.6 Å². The first-order chi connectivity index (χ1) is 9.42. The third-order valence-electron chi connectivity index (χ3n) is 3.78. The molecule has 1 heterocycles. The van der Waals surface area contributed by atoms with E-state index in [0.29, 0.717) is 11.3 Å². The van der Waals surface area contributed by atoms with Crippen molar-refractivity contribution < 1.29 is 9.72 Å². The Morgan fingerprint density at radius 2 is 2.20 bits per heavy atom. The number of nitrogens with zero attached hydrogens (tertiary/aromatic N) is 1. The molecule has 1 aliphatic rings. The molecule has 108 valence electrons. The van der Waals surface area contributed by atoms with E-state index in [1.165, 1.54) is 6.07 Å². The lowest BCUT2D eigenvalue weighted by Crippen LogP contribution is -2.54. The largest absolute Gasteiger partial charge is 0.324 e. The maximum atomic E-state index is 12.3. The Balaban J connectivity index is 2.15. The molecular weight excluding hydrogens is 258 g/mol. The van der Waals surface area contributed by atoms with Gasteiger partial charge in [0.15, 0.2) is 0 Å². The second-order valence-electron chi connectivity index (χ2n) is 5.43. The third-order valence-corrected chi connectivity index (χ3v) is 3.78. The fourth-order valence-electron chi connectivity index (χ4n) is 2.40. The number of piperidine rings is 1.